The largest absolute Gasteiger partial charge is 0.299 e. The summed E-state index contributed by atoms with van der Waals surface area (Å²) in [7, 11) is 0. The minimum absolute atomic E-state index is 0.0391. The molecule has 0 aromatic heterocycles. The van der Waals surface area contributed by atoms with E-state index in [2.05, 4.69) is 0 Å². The first-order chi connectivity index (χ1) is 10.7. The molecule has 2 aromatic rings. The Labute approximate surface area is 139 Å². The highest BCUT2D eigenvalue weighted by atomic mass is 35.5. The molecule has 0 radical (unpaired) electrons. The van der Waals surface area contributed by atoms with Crippen molar-refractivity contribution in [3.8, 4) is 0 Å². The lowest BCUT2D eigenvalue weighted by Gasteiger charge is -2.15. The maximum absolute atomic E-state index is 13.9. The molecule has 120 valence electrons. The smallest absolute Gasteiger partial charge is 0.177 e. The average Bonchev–Trinajstić information content (AvgIpc) is 2.44. The van der Waals surface area contributed by atoms with Crippen LogP contribution in [-0.2, 0) is 4.79 Å². The molecule has 2 nitrogen and oxygen atoms in total. The molecular formula is C16H9Cl2F3O2. The van der Waals surface area contributed by atoms with Crippen LogP contribution in [-0.4, -0.2) is 11.6 Å². The number of benzene rings is 2. The molecule has 0 saturated heterocycles. The second-order valence-electron chi connectivity index (χ2n) is 4.82. The van der Waals surface area contributed by atoms with E-state index in [0.717, 1.165) is 6.92 Å². The molecule has 0 spiro atoms. The number of rotatable bonds is 4. The Bertz CT molecular complexity index is 783. The summed E-state index contributed by atoms with van der Waals surface area (Å²) in [6, 6.07) is 4.63. The van der Waals surface area contributed by atoms with Crippen molar-refractivity contribution in [3.05, 3.63) is 69.0 Å². The van der Waals surface area contributed by atoms with Crippen molar-refractivity contribution in [3.63, 3.8) is 0 Å². The number of Topliss-reactive ketones (excluding diaryl/α,β-unsaturated/α-hetero) is 2. The monoisotopic (exact) mass is 360 g/mol. The summed E-state index contributed by atoms with van der Waals surface area (Å²) in [6.07, 6.45) is 0. The van der Waals surface area contributed by atoms with Crippen molar-refractivity contribution in [2.24, 2.45) is 0 Å². The second kappa shape index (κ2) is 6.72. The minimum atomic E-state index is -1.74. The van der Waals surface area contributed by atoms with Crippen molar-refractivity contribution in [2.75, 3.05) is 0 Å². The minimum Gasteiger partial charge on any atom is -0.299 e. The maximum atomic E-state index is 13.9. The van der Waals surface area contributed by atoms with Crippen LogP contribution in [0, 0.1) is 17.5 Å². The number of carbonyl (C=O) groups is 2. The molecule has 0 fully saturated rings. The van der Waals surface area contributed by atoms with Gasteiger partial charge in [0, 0.05) is 23.3 Å². The Balaban J connectivity index is 2.57. The molecule has 1 unspecified atom stereocenters. The summed E-state index contributed by atoms with van der Waals surface area (Å²) in [6.45, 7) is 1.02. The quantitative estimate of drug-likeness (QED) is 0.570. The van der Waals surface area contributed by atoms with Crippen molar-refractivity contribution in [1.82, 2.24) is 0 Å². The zero-order valence-corrected chi connectivity index (χ0v) is 13.2. The Morgan fingerprint density at radius 3 is 2.00 bits per heavy atom. The fourth-order valence-corrected chi connectivity index (χ4v) is 2.46. The molecule has 0 amide bonds. The van der Waals surface area contributed by atoms with E-state index in [1.54, 1.807) is 0 Å². The van der Waals surface area contributed by atoms with Crippen LogP contribution in [0.1, 0.15) is 28.8 Å². The van der Waals surface area contributed by atoms with E-state index in [1.165, 1.54) is 18.2 Å². The third-order valence-electron chi connectivity index (χ3n) is 3.21. The Morgan fingerprint density at radius 2 is 1.52 bits per heavy atom. The summed E-state index contributed by atoms with van der Waals surface area (Å²) in [5, 5.41) is 0.238. The Kier molecular flexibility index (Phi) is 5.12. The summed E-state index contributed by atoms with van der Waals surface area (Å²) < 4.78 is 40.8. The third-order valence-corrected chi connectivity index (χ3v) is 3.94. The van der Waals surface area contributed by atoms with Crippen molar-refractivity contribution >= 4 is 34.8 Å². The number of halogens is 5. The predicted octanol–water partition coefficient (Wildman–Crippen LogP) is 4.97. The fraction of sp³-hybridized carbons (Fsp3) is 0.125. The summed E-state index contributed by atoms with van der Waals surface area (Å²) >= 11 is 11.5. The van der Waals surface area contributed by atoms with Gasteiger partial charge < -0.3 is 0 Å². The predicted molar refractivity (Wildman–Crippen MR) is 80.5 cm³/mol. The van der Waals surface area contributed by atoms with Gasteiger partial charge in [-0.05, 0) is 25.1 Å². The number of hydrogen-bond donors (Lipinski definition) is 0. The summed E-state index contributed by atoms with van der Waals surface area (Å²) in [4.78, 5) is 24.3. The SMILES string of the molecule is CC(=O)C(C(=O)c1ccc(Cl)c(Cl)c1)c1c(F)cc(F)cc1F. The zero-order valence-electron chi connectivity index (χ0n) is 11.7. The van der Waals surface area contributed by atoms with Gasteiger partial charge in [-0.1, -0.05) is 23.2 Å². The highest BCUT2D eigenvalue weighted by Crippen LogP contribution is 2.30. The van der Waals surface area contributed by atoms with Crippen LogP contribution in [0.15, 0.2) is 30.3 Å². The molecule has 2 aromatic carbocycles. The van der Waals surface area contributed by atoms with Gasteiger partial charge in [-0.3, -0.25) is 9.59 Å². The number of hydrogen-bond acceptors (Lipinski definition) is 2. The van der Waals surface area contributed by atoms with Crippen LogP contribution in [0.25, 0.3) is 0 Å². The first-order valence-corrected chi connectivity index (χ1v) is 7.12. The van der Waals surface area contributed by atoms with Crippen molar-refractivity contribution in [1.29, 1.82) is 0 Å². The topological polar surface area (TPSA) is 34.1 Å². The standard InChI is InChI=1S/C16H9Cl2F3O2/c1-7(22)14(15-12(20)5-9(19)6-13(15)21)16(23)8-2-3-10(17)11(18)4-8/h2-6,14H,1H3. The van der Waals surface area contributed by atoms with Gasteiger partial charge in [-0.15, -0.1) is 0 Å². The van der Waals surface area contributed by atoms with E-state index in [4.69, 9.17) is 23.2 Å². The maximum Gasteiger partial charge on any atom is 0.177 e. The molecule has 1 atom stereocenters. The van der Waals surface area contributed by atoms with E-state index in [9.17, 15) is 22.8 Å². The van der Waals surface area contributed by atoms with Gasteiger partial charge in [0.15, 0.2) is 5.78 Å². The molecule has 2 rings (SSSR count). The van der Waals surface area contributed by atoms with Crippen LogP contribution in [0.4, 0.5) is 13.2 Å². The Morgan fingerprint density at radius 1 is 0.957 bits per heavy atom. The Hall–Kier alpha value is -1.85. The number of carbonyl (C=O) groups excluding carboxylic acids is 2. The fourth-order valence-electron chi connectivity index (χ4n) is 2.16. The van der Waals surface area contributed by atoms with Crippen LogP contribution in [0.5, 0.6) is 0 Å². The van der Waals surface area contributed by atoms with Gasteiger partial charge in [0.25, 0.3) is 0 Å². The molecule has 0 aliphatic heterocycles. The van der Waals surface area contributed by atoms with Gasteiger partial charge in [-0.2, -0.15) is 0 Å². The lowest BCUT2D eigenvalue weighted by atomic mass is 9.87. The molecule has 0 heterocycles. The van der Waals surface area contributed by atoms with Crippen molar-refractivity contribution < 1.29 is 22.8 Å². The summed E-state index contributed by atoms with van der Waals surface area (Å²) in [5.74, 6) is -7.15. The lowest BCUT2D eigenvalue weighted by molar-refractivity contribution is -0.117. The zero-order chi connectivity index (χ0) is 17.3. The van der Waals surface area contributed by atoms with E-state index in [-0.39, 0.29) is 15.6 Å². The van der Waals surface area contributed by atoms with E-state index < -0.39 is 40.5 Å². The third kappa shape index (κ3) is 3.57. The van der Waals surface area contributed by atoms with Crippen LogP contribution >= 0.6 is 23.2 Å². The summed E-state index contributed by atoms with van der Waals surface area (Å²) in [5.41, 5.74) is -0.835. The molecule has 0 aliphatic rings. The second-order valence-corrected chi connectivity index (χ2v) is 5.63. The lowest BCUT2D eigenvalue weighted by Crippen LogP contribution is -2.23. The molecule has 0 aliphatic carbocycles. The van der Waals surface area contributed by atoms with Crippen LogP contribution in [0.3, 0.4) is 0 Å². The van der Waals surface area contributed by atoms with Crippen molar-refractivity contribution in [2.45, 2.75) is 12.8 Å². The molecule has 23 heavy (non-hydrogen) atoms. The van der Waals surface area contributed by atoms with Gasteiger partial charge >= 0.3 is 0 Å². The van der Waals surface area contributed by atoms with E-state index in [0.29, 0.717) is 12.1 Å². The average molecular weight is 361 g/mol. The number of ketones is 2. The highest BCUT2D eigenvalue weighted by molar-refractivity contribution is 6.42. The van der Waals surface area contributed by atoms with Gasteiger partial charge in [-0.25, -0.2) is 13.2 Å². The van der Waals surface area contributed by atoms with Crippen LogP contribution in [0.2, 0.25) is 10.0 Å². The van der Waals surface area contributed by atoms with Gasteiger partial charge in [0.1, 0.15) is 29.2 Å². The van der Waals surface area contributed by atoms with Gasteiger partial charge in [0.05, 0.1) is 10.0 Å². The van der Waals surface area contributed by atoms with Crippen LogP contribution < -0.4 is 0 Å². The molecule has 0 N–H and O–H groups in total. The molecule has 0 bridgehead atoms. The molecular weight excluding hydrogens is 352 g/mol. The highest BCUT2D eigenvalue weighted by Gasteiger charge is 2.32. The first kappa shape index (κ1) is 17.5. The molecule has 7 heteroatoms. The molecule has 0 saturated carbocycles. The normalized spacial score (nSPS) is 12.1. The van der Waals surface area contributed by atoms with E-state index >= 15 is 0 Å². The van der Waals surface area contributed by atoms with Gasteiger partial charge in [0.2, 0.25) is 0 Å². The van der Waals surface area contributed by atoms with E-state index in [1.807, 2.05) is 0 Å². The first-order valence-electron chi connectivity index (χ1n) is 6.36.